The zero-order valence-corrected chi connectivity index (χ0v) is 7.17. The van der Waals surface area contributed by atoms with Crippen molar-refractivity contribution in [3.05, 3.63) is 34.6 Å². The molecule has 3 N–H and O–H groups in total. The van der Waals surface area contributed by atoms with Gasteiger partial charge in [0.2, 0.25) is 5.82 Å². The summed E-state index contributed by atoms with van der Waals surface area (Å²) < 4.78 is 63.5. The summed E-state index contributed by atoms with van der Waals surface area (Å²) in [5, 5.41) is 6.73. The first-order valence-corrected chi connectivity index (χ1v) is 3.69. The molecule has 0 amide bonds. The molecule has 82 valence electrons. The van der Waals surface area contributed by atoms with Gasteiger partial charge in [0.15, 0.2) is 23.3 Å². The van der Waals surface area contributed by atoms with Crippen molar-refractivity contribution >= 4 is 5.84 Å². The molecule has 1 aromatic rings. The second kappa shape index (κ2) is 3.84. The largest absolute Gasteiger partial charge is 0.387 e. The van der Waals surface area contributed by atoms with E-state index in [9.17, 15) is 22.0 Å². The highest BCUT2D eigenvalue weighted by molar-refractivity contribution is 5.79. The SMILES string of the molecule is N=C(N)Cc1c(F)c(F)c(F)c(F)c1F. The first-order chi connectivity index (χ1) is 6.86. The summed E-state index contributed by atoms with van der Waals surface area (Å²) in [6.45, 7) is 0. The number of benzene rings is 1. The lowest BCUT2D eigenvalue weighted by Gasteiger charge is -2.06. The van der Waals surface area contributed by atoms with Crippen LogP contribution in [0, 0.1) is 34.5 Å². The highest BCUT2D eigenvalue weighted by atomic mass is 19.2. The van der Waals surface area contributed by atoms with Gasteiger partial charge in [-0.2, -0.15) is 0 Å². The van der Waals surface area contributed by atoms with Crippen LogP contribution in [0.25, 0.3) is 0 Å². The minimum atomic E-state index is -2.22. The molecule has 0 aromatic heterocycles. The number of nitrogens with two attached hydrogens (primary N) is 1. The lowest BCUT2D eigenvalue weighted by atomic mass is 10.1. The normalized spacial score (nSPS) is 10.5. The Morgan fingerprint density at radius 1 is 0.867 bits per heavy atom. The Labute approximate surface area is 81.0 Å². The van der Waals surface area contributed by atoms with Gasteiger partial charge in [0.25, 0.3) is 0 Å². The molecular weight excluding hydrogens is 219 g/mol. The summed E-state index contributed by atoms with van der Waals surface area (Å²) in [6, 6.07) is 0. The van der Waals surface area contributed by atoms with Gasteiger partial charge in [-0.15, -0.1) is 0 Å². The molecule has 0 unspecified atom stereocenters. The number of halogens is 5. The summed E-state index contributed by atoms with van der Waals surface area (Å²) in [4.78, 5) is 0. The van der Waals surface area contributed by atoms with Crippen molar-refractivity contribution < 1.29 is 22.0 Å². The Morgan fingerprint density at radius 2 is 1.20 bits per heavy atom. The Bertz CT molecular complexity index is 401. The number of hydrogen-bond donors (Lipinski definition) is 2. The van der Waals surface area contributed by atoms with Crippen molar-refractivity contribution in [3.8, 4) is 0 Å². The molecule has 2 nitrogen and oxygen atoms in total. The fourth-order valence-electron chi connectivity index (χ4n) is 0.996. The fraction of sp³-hybridized carbons (Fsp3) is 0.125. The van der Waals surface area contributed by atoms with Crippen LogP contribution in [0.15, 0.2) is 0 Å². The van der Waals surface area contributed by atoms with Gasteiger partial charge in [0.1, 0.15) is 0 Å². The number of nitrogens with one attached hydrogen (secondary N) is 1. The van der Waals surface area contributed by atoms with Crippen LogP contribution in [-0.2, 0) is 6.42 Å². The molecule has 1 rings (SSSR count). The van der Waals surface area contributed by atoms with E-state index in [1.165, 1.54) is 0 Å². The number of amidine groups is 1. The van der Waals surface area contributed by atoms with E-state index in [0.29, 0.717) is 0 Å². The maximum absolute atomic E-state index is 12.9. The molecule has 0 atom stereocenters. The molecule has 0 bridgehead atoms. The van der Waals surface area contributed by atoms with Crippen molar-refractivity contribution in [3.63, 3.8) is 0 Å². The van der Waals surface area contributed by atoms with E-state index in [-0.39, 0.29) is 0 Å². The molecule has 0 saturated carbocycles. The molecule has 15 heavy (non-hydrogen) atoms. The zero-order chi connectivity index (χ0) is 11.7. The molecule has 0 heterocycles. The maximum Gasteiger partial charge on any atom is 0.200 e. The quantitative estimate of drug-likeness (QED) is 0.260. The van der Waals surface area contributed by atoms with Crippen molar-refractivity contribution in [2.45, 2.75) is 6.42 Å². The molecule has 0 radical (unpaired) electrons. The maximum atomic E-state index is 12.9. The highest BCUT2D eigenvalue weighted by Gasteiger charge is 2.25. The first-order valence-electron chi connectivity index (χ1n) is 3.69. The summed E-state index contributed by atoms with van der Waals surface area (Å²) in [7, 11) is 0. The predicted molar refractivity (Wildman–Crippen MR) is 41.9 cm³/mol. The van der Waals surface area contributed by atoms with Gasteiger partial charge < -0.3 is 5.73 Å². The molecule has 0 saturated heterocycles. The predicted octanol–water partition coefficient (Wildman–Crippen LogP) is 1.86. The van der Waals surface area contributed by atoms with Crippen LogP contribution >= 0.6 is 0 Å². The van der Waals surface area contributed by atoms with E-state index in [4.69, 9.17) is 11.1 Å². The van der Waals surface area contributed by atoms with Crippen LogP contribution in [0.5, 0.6) is 0 Å². The van der Waals surface area contributed by atoms with Crippen LogP contribution in [0.2, 0.25) is 0 Å². The summed E-state index contributed by atoms with van der Waals surface area (Å²) in [5.41, 5.74) is 3.71. The third-order valence-electron chi connectivity index (χ3n) is 1.67. The topological polar surface area (TPSA) is 49.9 Å². The summed E-state index contributed by atoms with van der Waals surface area (Å²) in [6.07, 6.45) is -0.828. The Kier molecular flexibility index (Phi) is 2.92. The van der Waals surface area contributed by atoms with Gasteiger partial charge in [-0.1, -0.05) is 0 Å². The van der Waals surface area contributed by atoms with E-state index < -0.39 is 46.9 Å². The molecular formula is C8H5F5N2. The molecule has 0 fully saturated rings. The molecule has 7 heteroatoms. The number of hydrogen-bond acceptors (Lipinski definition) is 1. The van der Waals surface area contributed by atoms with Gasteiger partial charge in [-0.3, -0.25) is 5.41 Å². The van der Waals surface area contributed by atoms with E-state index in [1.807, 2.05) is 0 Å². The van der Waals surface area contributed by atoms with Crippen molar-refractivity contribution in [1.82, 2.24) is 0 Å². The second-order valence-corrected chi connectivity index (χ2v) is 2.75. The summed E-state index contributed by atoms with van der Waals surface area (Å²) in [5.74, 6) is -10.9. The Morgan fingerprint density at radius 3 is 1.53 bits per heavy atom. The third kappa shape index (κ3) is 1.90. The lowest BCUT2D eigenvalue weighted by Crippen LogP contribution is -2.17. The summed E-state index contributed by atoms with van der Waals surface area (Å²) >= 11 is 0. The van der Waals surface area contributed by atoms with Crippen molar-refractivity contribution in [2.24, 2.45) is 5.73 Å². The Balaban J connectivity index is 3.45. The van der Waals surface area contributed by atoms with E-state index >= 15 is 0 Å². The second-order valence-electron chi connectivity index (χ2n) is 2.75. The average Bonchev–Trinajstić information content (AvgIpc) is 2.18. The molecule has 1 aromatic carbocycles. The Hall–Kier alpha value is -1.66. The lowest BCUT2D eigenvalue weighted by molar-refractivity contribution is 0.372. The molecule has 0 spiro atoms. The first kappa shape index (κ1) is 11.4. The molecule has 0 aliphatic heterocycles. The standard InChI is InChI=1S/C8H5F5N2/c9-4-2(1-3(14)15)5(10)7(12)8(13)6(4)11/h1H2,(H3,14,15). The van der Waals surface area contributed by atoms with E-state index in [0.717, 1.165) is 0 Å². The van der Waals surface area contributed by atoms with Crippen molar-refractivity contribution in [1.29, 1.82) is 5.41 Å². The fourth-order valence-corrected chi connectivity index (χ4v) is 0.996. The van der Waals surface area contributed by atoms with Crippen molar-refractivity contribution in [2.75, 3.05) is 0 Å². The van der Waals surface area contributed by atoms with Crippen LogP contribution in [0.1, 0.15) is 5.56 Å². The van der Waals surface area contributed by atoms with Crippen LogP contribution in [-0.4, -0.2) is 5.84 Å². The number of rotatable bonds is 2. The smallest absolute Gasteiger partial charge is 0.200 e. The minimum Gasteiger partial charge on any atom is -0.387 e. The van der Waals surface area contributed by atoms with Gasteiger partial charge in [-0.05, 0) is 0 Å². The molecule has 0 aliphatic carbocycles. The average molecular weight is 224 g/mol. The monoisotopic (exact) mass is 224 g/mol. The van der Waals surface area contributed by atoms with Crippen LogP contribution in [0.3, 0.4) is 0 Å². The van der Waals surface area contributed by atoms with Crippen LogP contribution < -0.4 is 5.73 Å². The van der Waals surface area contributed by atoms with Gasteiger partial charge in [0, 0.05) is 12.0 Å². The minimum absolute atomic E-state index is 0.696. The zero-order valence-electron chi connectivity index (χ0n) is 7.17. The van der Waals surface area contributed by atoms with E-state index in [1.54, 1.807) is 0 Å². The van der Waals surface area contributed by atoms with Crippen LogP contribution in [0.4, 0.5) is 22.0 Å². The highest BCUT2D eigenvalue weighted by Crippen LogP contribution is 2.23. The van der Waals surface area contributed by atoms with Gasteiger partial charge in [-0.25, -0.2) is 22.0 Å². The molecule has 0 aliphatic rings. The third-order valence-corrected chi connectivity index (χ3v) is 1.67. The van der Waals surface area contributed by atoms with E-state index in [2.05, 4.69) is 0 Å². The van der Waals surface area contributed by atoms with Gasteiger partial charge >= 0.3 is 0 Å². The van der Waals surface area contributed by atoms with Gasteiger partial charge in [0.05, 0.1) is 5.84 Å².